The summed E-state index contributed by atoms with van der Waals surface area (Å²) in [6.45, 7) is 2.02. The van der Waals surface area contributed by atoms with Crippen molar-refractivity contribution in [3.63, 3.8) is 0 Å². The Labute approximate surface area is 190 Å². The second kappa shape index (κ2) is 8.50. The smallest absolute Gasteiger partial charge is 0.257 e. The maximum absolute atomic E-state index is 13.3. The van der Waals surface area contributed by atoms with E-state index in [1.807, 2.05) is 6.07 Å². The van der Waals surface area contributed by atoms with Crippen molar-refractivity contribution in [2.75, 3.05) is 31.7 Å². The molecule has 32 heavy (non-hydrogen) atoms. The van der Waals surface area contributed by atoms with Crippen LogP contribution in [0.4, 0.5) is 5.69 Å². The van der Waals surface area contributed by atoms with Crippen molar-refractivity contribution in [3.8, 4) is 0 Å². The minimum Gasteiger partial charge on any atom is -0.352 e. The molecule has 0 spiro atoms. The van der Waals surface area contributed by atoms with Gasteiger partial charge >= 0.3 is 0 Å². The number of hydrogen-bond acceptors (Lipinski definition) is 6. The molecule has 3 aromatic heterocycles. The standard InChI is InChI=1S/C22H22ClN5O3S/c1-13-14(5-4-7-25-13)22(29)27-20-19-16(15-6-8-24-12-18(15)26-19)11-17(23)21(20)32(30,31)10-9-28(2)3/h4-8,11-12,26H,9-10H2,1-3H3,(H,27,29). The number of carbonyl (C=O) groups excluding carboxylic acids is 1. The van der Waals surface area contributed by atoms with Crippen LogP contribution < -0.4 is 5.32 Å². The number of aryl methyl sites for hydroxylation is 1. The van der Waals surface area contributed by atoms with Crippen LogP contribution in [-0.2, 0) is 9.84 Å². The summed E-state index contributed by atoms with van der Waals surface area (Å²) in [5.41, 5.74) is 2.16. The van der Waals surface area contributed by atoms with E-state index in [-0.39, 0.29) is 21.4 Å². The Balaban J connectivity index is 1.96. The van der Waals surface area contributed by atoms with E-state index in [2.05, 4.69) is 20.3 Å². The van der Waals surface area contributed by atoms with Gasteiger partial charge in [-0.25, -0.2) is 8.42 Å². The van der Waals surface area contributed by atoms with Crippen molar-refractivity contribution in [1.82, 2.24) is 19.9 Å². The number of amides is 1. The number of anilines is 1. The second-order valence-electron chi connectivity index (χ2n) is 7.74. The van der Waals surface area contributed by atoms with Gasteiger partial charge in [-0.2, -0.15) is 0 Å². The number of pyridine rings is 2. The first kappa shape index (κ1) is 22.2. The van der Waals surface area contributed by atoms with Gasteiger partial charge in [0.05, 0.1) is 39.3 Å². The number of H-pyrrole nitrogens is 1. The molecular weight excluding hydrogens is 450 g/mol. The van der Waals surface area contributed by atoms with E-state index in [1.165, 1.54) is 0 Å². The molecule has 8 nitrogen and oxygen atoms in total. The van der Waals surface area contributed by atoms with Crippen LogP contribution in [0.1, 0.15) is 16.1 Å². The van der Waals surface area contributed by atoms with Gasteiger partial charge in [-0.15, -0.1) is 0 Å². The first-order chi connectivity index (χ1) is 15.2. The Morgan fingerprint density at radius 2 is 2.00 bits per heavy atom. The van der Waals surface area contributed by atoms with Gasteiger partial charge in [0.25, 0.3) is 5.91 Å². The van der Waals surface area contributed by atoms with E-state index in [9.17, 15) is 13.2 Å². The van der Waals surface area contributed by atoms with Crippen LogP contribution in [-0.4, -0.2) is 60.6 Å². The van der Waals surface area contributed by atoms with Crippen LogP contribution in [0.25, 0.3) is 21.8 Å². The SMILES string of the molecule is Cc1ncccc1C(=O)Nc1c(S(=O)(=O)CCN(C)C)c(Cl)cc2c1[nH]c1cnccc12. The predicted octanol–water partition coefficient (Wildman–Crippen LogP) is 3.66. The minimum absolute atomic E-state index is 0.0483. The number of fused-ring (bicyclic) bond motifs is 3. The van der Waals surface area contributed by atoms with Crippen molar-refractivity contribution < 1.29 is 13.2 Å². The zero-order chi connectivity index (χ0) is 23.0. The maximum atomic E-state index is 13.3. The molecule has 0 aliphatic rings. The third-order valence-electron chi connectivity index (χ3n) is 5.21. The molecule has 0 unspecified atom stereocenters. The van der Waals surface area contributed by atoms with Gasteiger partial charge in [-0.05, 0) is 45.3 Å². The molecule has 166 valence electrons. The fourth-order valence-corrected chi connectivity index (χ4v) is 5.76. The summed E-state index contributed by atoms with van der Waals surface area (Å²) in [6, 6.07) is 6.71. The molecule has 1 amide bonds. The van der Waals surface area contributed by atoms with Crippen LogP contribution in [0.2, 0.25) is 5.02 Å². The average molecular weight is 472 g/mol. The number of halogens is 1. The monoisotopic (exact) mass is 471 g/mol. The lowest BCUT2D eigenvalue weighted by Gasteiger charge is -2.17. The van der Waals surface area contributed by atoms with Crippen molar-refractivity contribution >= 4 is 54.8 Å². The van der Waals surface area contributed by atoms with Crippen LogP contribution in [0.5, 0.6) is 0 Å². The maximum Gasteiger partial charge on any atom is 0.257 e. The molecule has 3 heterocycles. The molecule has 4 aromatic rings. The quantitative estimate of drug-likeness (QED) is 0.444. The van der Waals surface area contributed by atoms with Crippen molar-refractivity contribution in [2.45, 2.75) is 11.8 Å². The Kier molecular flexibility index (Phi) is 5.89. The average Bonchev–Trinajstić information content (AvgIpc) is 3.11. The zero-order valence-electron chi connectivity index (χ0n) is 17.8. The summed E-state index contributed by atoms with van der Waals surface area (Å²) in [5, 5.41) is 4.36. The summed E-state index contributed by atoms with van der Waals surface area (Å²) in [4.78, 5) is 26.3. The lowest BCUT2D eigenvalue weighted by Crippen LogP contribution is -2.24. The summed E-state index contributed by atoms with van der Waals surface area (Å²) >= 11 is 6.54. The fraction of sp³-hybridized carbons (Fsp3) is 0.227. The van der Waals surface area contributed by atoms with Gasteiger partial charge in [-0.3, -0.25) is 14.8 Å². The van der Waals surface area contributed by atoms with Gasteiger partial charge in [-0.1, -0.05) is 11.6 Å². The number of benzene rings is 1. The normalized spacial score (nSPS) is 12.0. The molecule has 0 saturated carbocycles. The number of rotatable bonds is 6. The van der Waals surface area contributed by atoms with Crippen LogP contribution >= 0.6 is 11.6 Å². The van der Waals surface area contributed by atoms with Crippen molar-refractivity contribution in [1.29, 1.82) is 0 Å². The molecule has 1 aromatic carbocycles. The number of nitrogens with zero attached hydrogens (tertiary/aromatic N) is 3. The van der Waals surface area contributed by atoms with Crippen molar-refractivity contribution in [2.24, 2.45) is 0 Å². The highest BCUT2D eigenvalue weighted by atomic mass is 35.5. The second-order valence-corrected chi connectivity index (χ2v) is 10.2. The number of sulfone groups is 1. The Morgan fingerprint density at radius 3 is 2.72 bits per heavy atom. The van der Waals surface area contributed by atoms with Gasteiger partial charge in [0.2, 0.25) is 0 Å². The van der Waals surface area contributed by atoms with E-state index in [0.717, 1.165) is 5.39 Å². The van der Waals surface area contributed by atoms with Gasteiger partial charge in [0.1, 0.15) is 4.90 Å². The number of hydrogen-bond donors (Lipinski definition) is 2. The number of nitrogens with one attached hydrogen (secondary N) is 2. The lowest BCUT2D eigenvalue weighted by molar-refractivity contribution is 0.102. The van der Waals surface area contributed by atoms with Gasteiger partial charge in [0.15, 0.2) is 9.84 Å². The number of aromatic amines is 1. The lowest BCUT2D eigenvalue weighted by atomic mass is 10.1. The molecular formula is C22H22ClN5O3S. The summed E-state index contributed by atoms with van der Waals surface area (Å²) in [7, 11) is -0.242. The molecule has 4 rings (SSSR count). The predicted molar refractivity (Wildman–Crippen MR) is 126 cm³/mol. The van der Waals surface area contributed by atoms with E-state index in [0.29, 0.717) is 34.2 Å². The Bertz CT molecular complexity index is 1450. The Hall–Kier alpha value is -3.01. The van der Waals surface area contributed by atoms with Crippen LogP contribution in [0.15, 0.2) is 47.8 Å². The largest absolute Gasteiger partial charge is 0.352 e. The number of carbonyl (C=O) groups is 1. The topological polar surface area (TPSA) is 108 Å². The minimum atomic E-state index is -3.82. The summed E-state index contributed by atoms with van der Waals surface area (Å²) in [6.07, 6.45) is 4.87. The zero-order valence-corrected chi connectivity index (χ0v) is 19.4. The third-order valence-corrected chi connectivity index (χ3v) is 7.39. The molecule has 0 atom stereocenters. The van der Waals surface area contributed by atoms with E-state index in [4.69, 9.17) is 11.6 Å². The highest BCUT2D eigenvalue weighted by Crippen LogP contribution is 2.40. The molecule has 0 radical (unpaired) electrons. The molecule has 10 heteroatoms. The molecule has 0 saturated heterocycles. The first-order valence-electron chi connectivity index (χ1n) is 9.87. The molecule has 2 N–H and O–H groups in total. The molecule has 0 bridgehead atoms. The highest BCUT2D eigenvalue weighted by Gasteiger charge is 2.28. The van der Waals surface area contributed by atoms with Gasteiger partial charge in [0, 0.05) is 35.4 Å². The van der Waals surface area contributed by atoms with Gasteiger partial charge < -0.3 is 15.2 Å². The third kappa shape index (κ3) is 4.06. The highest BCUT2D eigenvalue weighted by molar-refractivity contribution is 7.91. The molecule has 0 aliphatic carbocycles. The first-order valence-corrected chi connectivity index (χ1v) is 11.9. The van der Waals surface area contributed by atoms with E-state index in [1.54, 1.807) is 62.7 Å². The Morgan fingerprint density at radius 1 is 1.22 bits per heavy atom. The molecule has 0 fully saturated rings. The van der Waals surface area contributed by atoms with Crippen LogP contribution in [0, 0.1) is 6.92 Å². The van der Waals surface area contributed by atoms with Crippen molar-refractivity contribution in [3.05, 3.63) is 59.1 Å². The number of aromatic nitrogens is 3. The fourth-order valence-electron chi connectivity index (χ4n) is 3.57. The molecule has 0 aliphatic heterocycles. The van der Waals surface area contributed by atoms with E-state index >= 15 is 0 Å². The van der Waals surface area contributed by atoms with Crippen LogP contribution in [0.3, 0.4) is 0 Å². The summed E-state index contributed by atoms with van der Waals surface area (Å²) < 4.78 is 26.6. The van der Waals surface area contributed by atoms with E-state index < -0.39 is 15.7 Å². The summed E-state index contributed by atoms with van der Waals surface area (Å²) in [5.74, 6) is -0.623.